The highest BCUT2D eigenvalue weighted by atomic mass is 32.2. The van der Waals surface area contributed by atoms with Gasteiger partial charge in [-0.15, -0.1) is 0 Å². The van der Waals surface area contributed by atoms with Crippen LogP contribution < -0.4 is 10.1 Å². The molecule has 1 unspecified atom stereocenters. The van der Waals surface area contributed by atoms with Crippen LogP contribution in [0.25, 0.3) is 0 Å². The molecule has 1 aliphatic carbocycles. The molecule has 2 N–H and O–H groups in total. The molecule has 2 fully saturated rings. The molecular weight excluding hydrogens is 532 g/mol. The van der Waals surface area contributed by atoms with Gasteiger partial charge in [0.15, 0.2) is 21.1 Å². The average molecular weight is 559 g/mol. The van der Waals surface area contributed by atoms with Gasteiger partial charge in [0.1, 0.15) is 5.75 Å². The lowest BCUT2D eigenvalue weighted by Gasteiger charge is -2.27. The van der Waals surface area contributed by atoms with Gasteiger partial charge in [-0.1, -0.05) is 23.5 Å². The van der Waals surface area contributed by atoms with Crippen molar-refractivity contribution in [3.63, 3.8) is 0 Å². The minimum atomic E-state index is -3.34. The Labute approximate surface area is 223 Å². The predicted molar refractivity (Wildman–Crippen MR) is 139 cm³/mol. The van der Waals surface area contributed by atoms with Crippen molar-refractivity contribution in [3.8, 4) is 10.8 Å². The number of rotatable bonds is 10. The van der Waals surface area contributed by atoms with Crippen LogP contribution in [0.3, 0.4) is 0 Å². The average Bonchev–Trinajstić information content (AvgIpc) is 3.70. The van der Waals surface area contributed by atoms with Crippen LogP contribution >= 0.6 is 11.3 Å². The van der Waals surface area contributed by atoms with E-state index >= 15 is 0 Å². The monoisotopic (exact) mass is 558 g/mol. The molecular formula is C26H26N2O8S2. The molecule has 38 heavy (non-hydrogen) atoms. The van der Waals surface area contributed by atoms with E-state index in [1.165, 1.54) is 42.6 Å². The van der Waals surface area contributed by atoms with Crippen LogP contribution in [0, 0.1) is 0 Å². The second kappa shape index (κ2) is 11.2. The second-order valence-corrected chi connectivity index (χ2v) is 12.3. The van der Waals surface area contributed by atoms with Gasteiger partial charge in [0.2, 0.25) is 5.06 Å². The molecule has 2 aliphatic rings. The summed E-state index contributed by atoms with van der Waals surface area (Å²) in [7, 11) is -3.34. The Bertz CT molecular complexity index is 1390. The number of aromatic nitrogens is 1. The smallest absolute Gasteiger partial charge is 0.335 e. The topological polar surface area (TPSA) is 141 Å². The van der Waals surface area contributed by atoms with Crippen molar-refractivity contribution in [3.05, 3.63) is 65.9 Å². The van der Waals surface area contributed by atoms with E-state index < -0.39 is 27.8 Å². The van der Waals surface area contributed by atoms with E-state index in [4.69, 9.17) is 19.3 Å². The Morgan fingerprint density at radius 3 is 2.34 bits per heavy atom. The van der Waals surface area contributed by atoms with Crippen LogP contribution in [-0.2, 0) is 24.1 Å². The molecule has 12 heteroatoms. The van der Waals surface area contributed by atoms with Gasteiger partial charge >= 0.3 is 5.97 Å². The first-order chi connectivity index (χ1) is 18.3. The van der Waals surface area contributed by atoms with E-state index in [0.29, 0.717) is 60.4 Å². The lowest BCUT2D eigenvalue weighted by Crippen LogP contribution is -2.31. The van der Waals surface area contributed by atoms with E-state index in [9.17, 15) is 18.0 Å². The van der Waals surface area contributed by atoms with E-state index in [1.807, 2.05) is 0 Å². The van der Waals surface area contributed by atoms with Crippen molar-refractivity contribution >= 4 is 38.2 Å². The normalized spacial score (nSPS) is 17.1. The van der Waals surface area contributed by atoms with Crippen LogP contribution in [-0.4, -0.2) is 55.0 Å². The Morgan fingerprint density at radius 2 is 1.71 bits per heavy atom. The van der Waals surface area contributed by atoms with Crippen molar-refractivity contribution in [1.82, 2.24) is 4.98 Å². The summed E-state index contributed by atoms with van der Waals surface area (Å²) in [4.78, 5) is 28.8. The second-order valence-electron chi connectivity index (χ2n) is 9.05. The highest BCUT2D eigenvalue weighted by Crippen LogP contribution is 2.35. The third kappa shape index (κ3) is 6.21. The van der Waals surface area contributed by atoms with Gasteiger partial charge in [0.05, 0.1) is 28.0 Å². The van der Waals surface area contributed by atoms with Gasteiger partial charge in [-0.05, 0) is 67.6 Å². The maximum absolute atomic E-state index is 13.3. The molecule has 2 aromatic carbocycles. The number of anilines is 1. The maximum Gasteiger partial charge on any atom is 0.335 e. The molecule has 200 valence electrons. The number of aromatic carboxylic acids is 1. The zero-order chi connectivity index (χ0) is 26.7. The molecule has 0 spiro atoms. The number of thiazole rings is 1. The number of nitrogens with zero attached hydrogens (tertiary/aromatic N) is 1. The number of sulfone groups is 1. The Hall–Kier alpha value is -3.32. The highest BCUT2D eigenvalue weighted by molar-refractivity contribution is 7.92. The number of carboxylic acids is 1. The van der Waals surface area contributed by atoms with Crippen molar-refractivity contribution in [2.75, 3.05) is 18.5 Å². The van der Waals surface area contributed by atoms with Gasteiger partial charge in [0, 0.05) is 13.2 Å². The summed E-state index contributed by atoms with van der Waals surface area (Å²) in [6.45, 7) is 1.08. The summed E-state index contributed by atoms with van der Waals surface area (Å²) in [5.74, 6) is -1.05. The molecule has 0 bridgehead atoms. The molecule has 1 atom stereocenters. The zero-order valence-electron chi connectivity index (χ0n) is 20.2. The fourth-order valence-corrected chi connectivity index (χ4v) is 6.36. The number of amides is 1. The minimum Gasteiger partial charge on any atom is -0.478 e. The molecule has 2 heterocycles. The van der Waals surface area contributed by atoms with E-state index in [0.717, 1.165) is 11.3 Å². The Balaban J connectivity index is 1.30. The number of benzene rings is 2. The molecule has 10 nitrogen and oxygen atoms in total. The molecule has 5 rings (SSSR count). The first-order valence-electron chi connectivity index (χ1n) is 12.1. The van der Waals surface area contributed by atoms with Crippen LogP contribution in [0.4, 0.5) is 5.13 Å². The van der Waals surface area contributed by atoms with Crippen molar-refractivity contribution < 1.29 is 37.3 Å². The molecule has 0 radical (unpaired) electrons. The summed E-state index contributed by atoms with van der Waals surface area (Å²) >= 11 is 1.10. The maximum atomic E-state index is 13.3. The van der Waals surface area contributed by atoms with E-state index in [1.54, 1.807) is 12.1 Å². The lowest BCUT2D eigenvalue weighted by atomic mass is 10.1. The number of ether oxygens (including phenoxy) is 3. The van der Waals surface area contributed by atoms with Crippen molar-refractivity contribution in [2.45, 2.75) is 48.0 Å². The highest BCUT2D eigenvalue weighted by Gasteiger charge is 2.37. The summed E-state index contributed by atoms with van der Waals surface area (Å²) in [5, 5.41) is 12.2. The standard InChI is InChI=1S/C26H26N2O8S2/c29-24(28-26-27-15-22(37-26)35-18-5-1-17(2-6-18)25(30)31)23(36-19-11-13-34-14-12-19)16-3-7-20(8-4-16)38(32,33)21-9-10-21/h1-8,15,19,21,23H,9-14H2,(H,30,31)(H,27,28,29). The molecule has 1 aromatic heterocycles. The van der Waals surface area contributed by atoms with Crippen molar-refractivity contribution in [1.29, 1.82) is 0 Å². The minimum absolute atomic E-state index is 0.142. The van der Waals surface area contributed by atoms with Crippen LogP contribution in [0.5, 0.6) is 10.8 Å². The number of carboxylic acid groups (broad SMARTS) is 1. The van der Waals surface area contributed by atoms with Gasteiger partial charge in [-0.3, -0.25) is 10.1 Å². The van der Waals surface area contributed by atoms with Crippen LogP contribution in [0.2, 0.25) is 0 Å². The SMILES string of the molecule is O=C(O)c1ccc(Oc2cnc(NC(=O)C(OC3CCOCC3)c3ccc(S(=O)(=O)C4CC4)cc3)s2)cc1. The fraction of sp³-hybridized carbons (Fsp3) is 0.346. The van der Waals surface area contributed by atoms with Gasteiger partial charge < -0.3 is 19.3 Å². The summed E-state index contributed by atoms with van der Waals surface area (Å²) in [6.07, 6.45) is 2.94. The largest absolute Gasteiger partial charge is 0.478 e. The van der Waals surface area contributed by atoms with Gasteiger partial charge in [0.25, 0.3) is 5.91 Å². The Morgan fingerprint density at radius 1 is 1.03 bits per heavy atom. The number of hydrogen-bond donors (Lipinski definition) is 2. The summed E-state index contributed by atoms with van der Waals surface area (Å²) in [6, 6.07) is 12.2. The fourth-order valence-electron chi connectivity index (χ4n) is 4.02. The third-order valence-electron chi connectivity index (χ3n) is 6.24. The van der Waals surface area contributed by atoms with Crippen LogP contribution in [0.1, 0.15) is 47.7 Å². The molecule has 1 aliphatic heterocycles. The van der Waals surface area contributed by atoms with Crippen molar-refractivity contribution in [2.24, 2.45) is 0 Å². The first kappa shape index (κ1) is 26.3. The summed E-state index contributed by atoms with van der Waals surface area (Å²) < 4.78 is 42.5. The van der Waals surface area contributed by atoms with Gasteiger partial charge in [-0.2, -0.15) is 0 Å². The Kier molecular flexibility index (Phi) is 7.75. The van der Waals surface area contributed by atoms with Gasteiger partial charge in [-0.25, -0.2) is 18.2 Å². The number of carbonyl (C=O) groups excluding carboxylic acids is 1. The summed E-state index contributed by atoms with van der Waals surface area (Å²) in [5.41, 5.74) is 0.679. The van der Waals surface area contributed by atoms with E-state index in [-0.39, 0.29) is 21.8 Å². The predicted octanol–water partition coefficient (Wildman–Crippen LogP) is 4.45. The quantitative estimate of drug-likeness (QED) is 0.369. The number of nitrogens with one attached hydrogen (secondary N) is 1. The van der Waals surface area contributed by atoms with Crippen LogP contribution in [0.15, 0.2) is 59.6 Å². The number of carbonyl (C=O) groups is 2. The molecule has 1 saturated carbocycles. The zero-order valence-corrected chi connectivity index (χ0v) is 21.9. The van der Waals surface area contributed by atoms with E-state index in [2.05, 4.69) is 10.3 Å². The number of hydrogen-bond acceptors (Lipinski definition) is 9. The first-order valence-corrected chi connectivity index (χ1v) is 14.5. The molecule has 3 aromatic rings. The molecule has 1 saturated heterocycles. The lowest BCUT2D eigenvalue weighted by molar-refractivity contribution is -0.136. The third-order valence-corrected chi connectivity index (χ3v) is 9.31. The molecule has 1 amide bonds.